The van der Waals surface area contributed by atoms with Crippen LogP contribution < -0.4 is 10.4 Å². The zero-order valence-electron chi connectivity index (χ0n) is 10.1. The van der Waals surface area contributed by atoms with Gasteiger partial charge in [-0.2, -0.15) is 0 Å². The molecular formula is C14H19N3. The highest BCUT2D eigenvalue weighted by atomic mass is 15.5. The molecule has 1 aromatic carbocycles. The summed E-state index contributed by atoms with van der Waals surface area (Å²) in [6.45, 7) is 4.63. The van der Waals surface area contributed by atoms with Crippen molar-refractivity contribution in [1.29, 1.82) is 0 Å². The molecule has 1 fully saturated rings. The van der Waals surface area contributed by atoms with Crippen LogP contribution in [0.15, 0.2) is 42.1 Å². The monoisotopic (exact) mass is 229 g/mol. The smallest absolute Gasteiger partial charge is 0.0570 e. The maximum atomic E-state index is 3.41. The van der Waals surface area contributed by atoms with Crippen molar-refractivity contribution in [2.45, 2.75) is 12.8 Å². The molecule has 1 saturated heterocycles. The van der Waals surface area contributed by atoms with E-state index < -0.39 is 0 Å². The maximum Gasteiger partial charge on any atom is 0.0570 e. The van der Waals surface area contributed by atoms with E-state index in [9.17, 15) is 0 Å². The van der Waals surface area contributed by atoms with E-state index in [-0.39, 0.29) is 0 Å². The topological polar surface area (TPSA) is 18.5 Å². The van der Waals surface area contributed by atoms with Crippen LogP contribution >= 0.6 is 0 Å². The number of hydrogen-bond donors (Lipinski definition) is 1. The summed E-state index contributed by atoms with van der Waals surface area (Å²) in [7, 11) is 0. The zero-order valence-corrected chi connectivity index (χ0v) is 10.1. The SMILES string of the molecule is C1=C(CN2CCCC2)CNN1c1ccccc1. The first-order valence-electron chi connectivity index (χ1n) is 6.41. The molecular weight excluding hydrogens is 210 g/mol. The van der Waals surface area contributed by atoms with E-state index in [1.807, 2.05) is 0 Å². The Bertz CT molecular complexity index is 393. The number of benzene rings is 1. The van der Waals surface area contributed by atoms with Crippen molar-refractivity contribution in [2.24, 2.45) is 0 Å². The maximum absolute atomic E-state index is 3.41. The molecule has 3 rings (SSSR count). The molecule has 0 bridgehead atoms. The van der Waals surface area contributed by atoms with E-state index in [0.29, 0.717) is 0 Å². The lowest BCUT2D eigenvalue weighted by Crippen LogP contribution is -2.29. The fourth-order valence-corrected chi connectivity index (χ4v) is 2.54. The molecule has 1 aromatic rings. The van der Waals surface area contributed by atoms with Crippen molar-refractivity contribution >= 4 is 5.69 Å². The Morgan fingerprint density at radius 1 is 1.06 bits per heavy atom. The van der Waals surface area contributed by atoms with Crippen LogP contribution in [0, 0.1) is 0 Å². The van der Waals surface area contributed by atoms with Crippen LogP contribution in [0.4, 0.5) is 5.69 Å². The van der Waals surface area contributed by atoms with E-state index in [1.165, 1.54) is 37.2 Å². The predicted molar refractivity (Wildman–Crippen MR) is 70.7 cm³/mol. The third kappa shape index (κ3) is 2.51. The van der Waals surface area contributed by atoms with Gasteiger partial charge in [-0.3, -0.25) is 9.91 Å². The van der Waals surface area contributed by atoms with Crippen molar-refractivity contribution in [3.8, 4) is 0 Å². The molecule has 0 aliphatic carbocycles. The number of hydrogen-bond acceptors (Lipinski definition) is 3. The molecule has 0 saturated carbocycles. The third-order valence-electron chi connectivity index (χ3n) is 3.45. The standard InChI is InChI=1S/C14H19N3/c1-2-6-14(7-3-1)17-12-13(10-15-17)11-16-8-4-5-9-16/h1-3,6-7,12,15H,4-5,8-11H2. The van der Waals surface area contributed by atoms with Crippen molar-refractivity contribution in [3.63, 3.8) is 0 Å². The predicted octanol–water partition coefficient (Wildman–Crippen LogP) is 1.99. The minimum absolute atomic E-state index is 0.978. The van der Waals surface area contributed by atoms with Gasteiger partial charge in [0.1, 0.15) is 0 Å². The van der Waals surface area contributed by atoms with Crippen molar-refractivity contribution in [1.82, 2.24) is 10.3 Å². The Hall–Kier alpha value is -1.32. The third-order valence-corrected chi connectivity index (χ3v) is 3.45. The average molecular weight is 229 g/mol. The van der Waals surface area contributed by atoms with Crippen LogP contribution in [-0.2, 0) is 0 Å². The first-order chi connectivity index (χ1) is 8.42. The molecule has 17 heavy (non-hydrogen) atoms. The molecule has 0 radical (unpaired) electrons. The van der Waals surface area contributed by atoms with Crippen molar-refractivity contribution in [3.05, 3.63) is 42.1 Å². The summed E-state index contributed by atoms with van der Waals surface area (Å²) >= 11 is 0. The molecule has 90 valence electrons. The number of likely N-dealkylation sites (tertiary alicyclic amines) is 1. The quantitative estimate of drug-likeness (QED) is 0.855. The Kier molecular flexibility index (Phi) is 3.12. The Balaban J connectivity index is 1.64. The number of hydrazine groups is 1. The molecule has 2 heterocycles. The molecule has 0 unspecified atom stereocenters. The summed E-state index contributed by atoms with van der Waals surface area (Å²) in [6, 6.07) is 10.5. The summed E-state index contributed by atoms with van der Waals surface area (Å²) in [5, 5.41) is 2.13. The van der Waals surface area contributed by atoms with Crippen LogP contribution in [0.2, 0.25) is 0 Å². The Morgan fingerprint density at radius 3 is 2.59 bits per heavy atom. The lowest BCUT2D eigenvalue weighted by molar-refractivity contribution is 0.367. The van der Waals surface area contributed by atoms with Gasteiger partial charge in [-0.05, 0) is 43.6 Å². The van der Waals surface area contributed by atoms with Crippen LogP contribution in [-0.4, -0.2) is 31.1 Å². The van der Waals surface area contributed by atoms with Gasteiger partial charge in [-0.1, -0.05) is 18.2 Å². The molecule has 0 aromatic heterocycles. The molecule has 0 spiro atoms. The molecule has 0 atom stereocenters. The summed E-state index contributed by atoms with van der Waals surface area (Å²) in [6.07, 6.45) is 4.97. The second kappa shape index (κ2) is 4.90. The number of anilines is 1. The first kappa shape index (κ1) is 10.8. The van der Waals surface area contributed by atoms with Gasteiger partial charge in [0, 0.05) is 19.3 Å². The number of para-hydroxylation sites is 1. The van der Waals surface area contributed by atoms with Gasteiger partial charge in [0.2, 0.25) is 0 Å². The van der Waals surface area contributed by atoms with Gasteiger partial charge in [-0.25, -0.2) is 5.43 Å². The normalized spacial score (nSPS) is 20.9. The number of nitrogens with zero attached hydrogens (tertiary/aromatic N) is 2. The fourth-order valence-electron chi connectivity index (χ4n) is 2.54. The highest BCUT2D eigenvalue weighted by Gasteiger charge is 2.17. The second-order valence-corrected chi connectivity index (χ2v) is 4.81. The van der Waals surface area contributed by atoms with Gasteiger partial charge in [0.05, 0.1) is 5.69 Å². The van der Waals surface area contributed by atoms with Gasteiger partial charge in [0.15, 0.2) is 0 Å². The Labute approximate surface area is 103 Å². The van der Waals surface area contributed by atoms with Crippen LogP contribution in [0.5, 0.6) is 0 Å². The van der Waals surface area contributed by atoms with E-state index in [0.717, 1.165) is 13.1 Å². The van der Waals surface area contributed by atoms with Gasteiger partial charge < -0.3 is 0 Å². The Morgan fingerprint density at radius 2 is 1.82 bits per heavy atom. The average Bonchev–Trinajstić information content (AvgIpc) is 3.02. The van der Waals surface area contributed by atoms with Crippen molar-refractivity contribution in [2.75, 3.05) is 31.2 Å². The lowest BCUT2D eigenvalue weighted by Gasteiger charge is -2.15. The summed E-state index contributed by atoms with van der Waals surface area (Å²) in [5.74, 6) is 0. The molecule has 2 aliphatic rings. The lowest BCUT2D eigenvalue weighted by atomic mass is 10.3. The van der Waals surface area contributed by atoms with Gasteiger partial charge >= 0.3 is 0 Å². The van der Waals surface area contributed by atoms with E-state index in [4.69, 9.17) is 0 Å². The number of nitrogens with one attached hydrogen (secondary N) is 1. The van der Waals surface area contributed by atoms with E-state index >= 15 is 0 Å². The van der Waals surface area contributed by atoms with Crippen molar-refractivity contribution < 1.29 is 0 Å². The highest BCUT2D eigenvalue weighted by Crippen LogP contribution is 2.18. The summed E-state index contributed by atoms with van der Waals surface area (Å²) in [5.41, 5.74) is 6.11. The molecule has 1 N–H and O–H groups in total. The first-order valence-corrected chi connectivity index (χ1v) is 6.41. The van der Waals surface area contributed by atoms with Gasteiger partial charge in [0.25, 0.3) is 0 Å². The van der Waals surface area contributed by atoms with Crippen LogP contribution in [0.3, 0.4) is 0 Å². The summed E-state index contributed by atoms with van der Waals surface area (Å²) < 4.78 is 0. The van der Waals surface area contributed by atoms with Crippen LogP contribution in [0.1, 0.15) is 12.8 Å². The van der Waals surface area contributed by atoms with E-state index in [2.05, 4.69) is 51.9 Å². The molecule has 3 heteroatoms. The van der Waals surface area contributed by atoms with Gasteiger partial charge in [-0.15, -0.1) is 0 Å². The largest absolute Gasteiger partial charge is 0.299 e. The zero-order chi connectivity index (χ0) is 11.5. The molecule has 0 amide bonds. The van der Waals surface area contributed by atoms with E-state index in [1.54, 1.807) is 0 Å². The van der Waals surface area contributed by atoms with Crippen LogP contribution in [0.25, 0.3) is 0 Å². The summed E-state index contributed by atoms with van der Waals surface area (Å²) in [4.78, 5) is 2.54. The highest BCUT2D eigenvalue weighted by molar-refractivity contribution is 5.50. The molecule has 2 aliphatic heterocycles. The second-order valence-electron chi connectivity index (χ2n) is 4.81. The minimum atomic E-state index is 0.978. The fraction of sp³-hybridized carbons (Fsp3) is 0.429. The number of rotatable bonds is 3. The minimum Gasteiger partial charge on any atom is -0.299 e. The molecule has 3 nitrogen and oxygen atoms in total.